The van der Waals surface area contributed by atoms with Gasteiger partial charge in [0.2, 0.25) is 0 Å². The highest BCUT2D eigenvalue weighted by Crippen LogP contribution is 2.33. The molecule has 0 saturated carbocycles. The number of aliphatic carboxylic acids is 1. The number of carboxylic acids is 1. The average molecular weight is 626 g/mol. The van der Waals surface area contributed by atoms with E-state index in [-0.39, 0.29) is 0 Å². The van der Waals surface area contributed by atoms with Crippen molar-refractivity contribution in [1.29, 1.82) is 0 Å². The summed E-state index contributed by atoms with van der Waals surface area (Å²) in [5, 5.41) is 80.3. The number of alkyl halides is 1. The minimum atomic E-state index is -1.92. The van der Waals surface area contributed by atoms with Gasteiger partial charge in [-0.3, -0.25) is 0 Å². The molecular weight excluding hydrogens is 595 g/mol. The second-order valence-corrected chi connectivity index (χ2v) is 9.79. The number of ether oxygens (including phenoxy) is 6. The van der Waals surface area contributed by atoms with Gasteiger partial charge in [-0.15, -0.1) is 0 Å². The van der Waals surface area contributed by atoms with Gasteiger partial charge in [0.1, 0.15) is 65.2 Å². The lowest BCUT2D eigenvalue weighted by Crippen LogP contribution is -2.64. The van der Waals surface area contributed by atoms with Crippen molar-refractivity contribution in [2.24, 2.45) is 0 Å². The lowest BCUT2D eigenvalue weighted by Gasteiger charge is -2.46. The van der Waals surface area contributed by atoms with Crippen molar-refractivity contribution in [2.45, 2.75) is 96.9 Å². The Morgan fingerprint density at radius 1 is 0.800 bits per heavy atom. The van der Waals surface area contributed by atoms with Gasteiger partial charge in [-0.1, -0.05) is 0 Å². The van der Waals surface area contributed by atoms with Crippen LogP contribution in [-0.2, 0) is 33.2 Å². The quantitative estimate of drug-likeness (QED) is 0.0985. The fourth-order valence-electron chi connectivity index (χ4n) is 4.09. The molecular formula is C19H31IO15. The van der Waals surface area contributed by atoms with Crippen LogP contribution in [0, 0.1) is 0 Å². The smallest absolute Gasteiger partial charge is 0.335 e. The van der Waals surface area contributed by atoms with E-state index >= 15 is 0 Å². The van der Waals surface area contributed by atoms with E-state index in [9.17, 15) is 40.5 Å². The molecule has 0 aromatic carbocycles. The summed E-state index contributed by atoms with van der Waals surface area (Å²) in [5.41, 5.74) is 0. The van der Waals surface area contributed by atoms with Crippen molar-refractivity contribution in [3.63, 3.8) is 0 Å². The molecule has 0 bridgehead atoms. The Hall–Kier alpha value is -0.320. The van der Waals surface area contributed by atoms with Crippen LogP contribution in [0.1, 0.15) is 6.92 Å². The summed E-state index contributed by atoms with van der Waals surface area (Å²) < 4.78 is 31.9. The highest BCUT2D eigenvalue weighted by Gasteiger charge is 2.51. The van der Waals surface area contributed by atoms with Gasteiger partial charge in [0, 0.05) is 7.11 Å². The Kier molecular flexibility index (Phi) is 10.1. The molecule has 0 amide bonds. The van der Waals surface area contributed by atoms with Gasteiger partial charge >= 0.3 is 5.97 Å². The van der Waals surface area contributed by atoms with E-state index < -0.39 is 103 Å². The Balaban J connectivity index is 1.68. The first-order valence-electron chi connectivity index (χ1n) is 10.8. The predicted octanol–water partition coefficient (Wildman–Crippen LogP) is -4.36. The molecule has 3 heterocycles. The second kappa shape index (κ2) is 12.0. The zero-order chi connectivity index (χ0) is 26.2. The van der Waals surface area contributed by atoms with Crippen molar-refractivity contribution in [1.82, 2.24) is 0 Å². The molecule has 35 heavy (non-hydrogen) atoms. The van der Waals surface area contributed by atoms with Gasteiger partial charge in [-0.05, 0) is 29.5 Å². The molecule has 0 aliphatic carbocycles. The summed E-state index contributed by atoms with van der Waals surface area (Å²) in [5.74, 6) is -1.61. The molecule has 0 aromatic heterocycles. The highest BCUT2D eigenvalue weighted by atomic mass is 127. The number of halogens is 1. The first-order chi connectivity index (χ1) is 16.4. The standard InChI is InChI=1S/C19H31IO15/c1-4-6(21)13(30-2)15(16(20)32-4)35-19-12(27)8(23)7(22)5(33-19)3-31-18-11(26)9(24)10(25)14(34-18)17(28)29/h4-16,18-19,21-27H,3H2,1-2H3,(H,28,29)/t4?,5?,6-,7+,8?,9?,10-,11-,12?,13?,14?,15?,16+,18-,19+/m0/s1. The summed E-state index contributed by atoms with van der Waals surface area (Å²) >= 11 is 1.91. The summed E-state index contributed by atoms with van der Waals surface area (Å²) in [6.45, 7) is 1.04. The number of hydrogen-bond donors (Lipinski definition) is 8. The molecule has 3 aliphatic heterocycles. The van der Waals surface area contributed by atoms with Gasteiger partial charge in [0.05, 0.1) is 12.7 Å². The minimum absolute atomic E-state index is 0.571. The lowest BCUT2D eigenvalue weighted by atomic mass is 9.97. The molecule has 8 N–H and O–H groups in total. The SMILES string of the molecule is COC1C(O[C@H]2OC(CO[C@H]3OC(C(=O)O)[C@@H](O)C(O)[C@@H]3O)[C@@H](O)C(O)C2O)[C@H](I)OC(C)[C@@H]1O. The van der Waals surface area contributed by atoms with Crippen LogP contribution in [0.5, 0.6) is 0 Å². The van der Waals surface area contributed by atoms with Crippen molar-refractivity contribution in [2.75, 3.05) is 13.7 Å². The normalized spacial score (nSPS) is 51.2. The van der Waals surface area contributed by atoms with Gasteiger partial charge in [0.15, 0.2) is 18.7 Å². The summed E-state index contributed by atoms with van der Waals surface area (Å²) in [6, 6.07) is 0. The van der Waals surface area contributed by atoms with Crippen molar-refractivity contribution >= 4 is 28.6 Å². The molecule has 15 atom stereocenters. The van der Waals surface area contributed by atoms with E-state index in [2.05, 4.69) is 0 Å². The Morgan fingerprint density at radius 3 is 2.00 bits per heavy atom. The molecule has 3 saturated heterocycles. The lowest BCUT2D eigenvalue weighted by molar-refractivity contribution is -0.345. The maximum atomic E-state index is 11.2. The van der Waals surface area contributed by atoms with Crippen LogP contribution in [0.2, 0.25) is 0 Å². The van der Waals surface area contributed by atoms with Crippen LogP contribution in [0.15, 0.2) is 0 Å². The molecule has 0 spiro atoms. The number of methoxy groups -OCH3 is 1. The van der Waals surface area contributed by atoms with Crippen LogP contribution in [0.3, 0.4) is 0 Å². The molecule has 16 heteroatoms. The zero-order valence-corrected chi connectivity index (χ0v) is 20.8. The number of rotatable bonds is 7. The molecule has 15 nitrogen and oxygen atoms in total. The number of aliphatic hydroxyl groups is 7. The molecule has 204 valence electrons. The third-order valence-corrected chi connectivity index (χ3v) is 7.22. The second-order valence-electron chi connectivity index (χ2n) is 8.57. The molecule has 3 aliphatic rings. The van der Waals surface area contributed by atoms with Crippen LogP contribution in [0.4, 0.5) is 0 Å². The summed E-state index contributed by atoms with van der Waals surface area (Å²) in [7, 11) is 1.35. The van der Waals surface area contributed by atoms with Crippen LogP contribution >= 0.6 is 22.6 Å². The third kappa shape index (κ3) is 6.06. The highest BCUT2D eigenvalue weighted by molar-refractivity contribution is 14.1. The Labute approximate surface area is 213 Å². The first kappa shape index (κ1) is 29.2. The van der Waals surface area contributed by atoms with Crippen molar-refractivity contribution in [3.05, 3.63) is 0 Å². The maximum absolute atomic E-state index is 11.2. The van der Waals surface area contributed by atoms with Gasteiger partial charge in [-0.2, -0.15) is 0 Å². The Bertz CT molecular complexity index is 716. The average Bonchev–Trinajstić information content (AvgIpc) is 2.81. The monoisotopic (exact) mass is 626 g/mol. The van der Waals surface area contributed by atoms with Crippen LogP contribution in [-0.4, -0.2) is 150 Å². The van der Waals surface area contributed by atoms with E-state index in [1.807, 2.05) is 22.6 Å². The predicted molar refractivity (Wildman–Crippen MR) is 117 cm³/mol. The van der Waals surface area contributed by atoms with Gasteiger partial charge in [0.25, 0.3) is 0 Å². The van der Waals surface area contributed by atoms with Crippen LogP contribution < -0.4 is 0 Å². The molecule has 0 aromatic rings. The molecule has 3 fully saturated rings. The molecule has 8 unspecified atom stereocenters. The van der Waals surface area contributed by atoms with E-state index in [0.717, 1.165) is 0 Å². The first-order valence-corrected chi connectivity index (χ1v) is 12.0. The fourth-order valence-corrected chi connectivity index (χ4v) is 5.13. The van der Waals surface area contributed by atoms with E-state index in [1.54, 1.807) is 6.92 Å². The zero-order valence-electron chi connectivity index (χ0n) is 18.7. The van der Waals surface area contributed by atoms with Crippen LogP contribution in [0.25, 0.3) is 0 Å². The maximum Gasteiger partial charge on any atom is 0.335 e. The van der Waals surface area contributed by atoms with E-state index in [0.29, 0.717) is 0 Å². The minimum Gasteiger partial charge on any atom is -0.479 e. The summed E-state index contributed by atoms with van der Waals surface area (Å²) in [4.78, 5) is 11.2. The topological polar surface area (TPSA) is 234 Å². The summed E-state index contributed by atoms with van der Waals surface area (Å²) in [6.07, 6.45) is -20.8. The third-order valence-electron chi connectivity index (χ3n) is 6.21. The van der Waals surface area contributed by atoms with Crippen molar-refractivity contribution in [3.8, 4) is 0 Å². The molecule has 0 radical (unpaired) electrons. The Morgan fingerprint density at radius 2 is 1.40 bits per heavy atom. The van der Waals surface area contributed by atoms with Crippen molar-refractivity contribution < 1.29 is 74.1 Å². The van der Waals surface area contributed by atoms with E-state index in [1.165, 1.54) is 7.11 Å². The molecule has 3 rings (SSSR count). The fraction of sp³-hybridized carbons (Fsp3) is 0.947. The van der Waals surface area contributed by atoms with Gasteiger partial charge in [-0.25, -0.2) is 4.79 Å². The number of aliphatic hydroxyl groups excluding tert-OH is 7. The number of carbonyl (C=O) groups is 1. The number of carboxylic acid groups (broad SMARTS) is 1. The number of hydrogen-bond acceptors (Lipinski definition) is 14. The van der Waals surface area contributed by atoms with E-state index in [4.69, 9.17) is 33.5 Å². The largest absolute Gasteiger partial charge is 0.479 e. The van der Waals surface area contributed by atoms with Gasteiger partial charge < -0.3 is 69.3 Å².